The fraction of sp³-hybridized carbons (Fsp3) is 0.333. The van der Waals surface area contributed by atoms with E-state index in [-0.39, 0.29) is 10.8 Å². The number of benzene rings is 2. The molecule has 3 rings (SSSR count). The molecule has 8 nitrogen and oxygen atoms in total. The Hall–Kier alpha value is -2.53. The Balaban J connectivity index is 1.52. The summed E-state index contributed by atoms with van der Waals surface area (Å²) in [4.78, 5) is 15.7. The second-order valence-corrected chi connectivity index (χ2v) is 9.44. The first-order valence-electron chi connectivity index (χ1n) is 9.98. The van der Waals surface area contributed by atoms with E-state index in [1.54, 1.807) is 12.1 Å². The molecule has 0 unspecified atom stereocenters. The van der Waals surface area contributed by atoms with Crippen LogP contribution in [0.15, 0.2) is 53.4 Å². The predicted molar refractivity (Wildman–Crippen MR) is 126 cm³/mol. The monoisotopic (exact) mass is 461 g/mol. The topological polar surface area (TPSA) is 108 Å². The van der Waals surface area contributed by atoms with Crippen molar-refractivity contribution < 1.29 is 13.2 Å². The van der Waals surface area contributed by atoms with E-state index in [4.69, 9.17) is 17.4 Å². The quantitative estimate of drug-likeness (QED) is 0.586. The first-order chi connectivity index (χ1) is 14.7. The van der Waals surface area contributed by atoms with Crippen LogP contribution >= 0.6 is 12.2 Å². The lowest BCUT2D eigenvalue weighted by molar-refractivity contribution is -0.114. The van der Waals surface area contributed by atoms with Crippen LogP contribution < -0.4 is 15.8 Å². The number of rotatable bonds is 5. The Morgan fingerprint density at radius 3 is 2.19 bits per heavy atom. The molecule has 1 aliphatic heterocycles. The third kappa shape index (κ3) is 7.00. The van der Waals surface area contributed by atoms with Crippen molar-refractivity contribution in [2.45, 2.75) is 24.8 Å². The number of sulfonamides is 1. The summed E-state index contributed by atoms with van der Waals surface area (Å²) in [5.41, 5.74) is 2.71. The number of primary sulfonamides is 1. The zero-order chi connectivity index (χ0) is 22.4. The van der Waals surface area contributed by atoms with Gasteiger partial charge in [0.2, 0.25) is 15.9 Å². The minimum absolute atomic E-state index is 0.0690. The smallest absolute Gasteiger partial charge is 0.238 e. The van der Waals surface area contributed by atoms with Gasteiger partial charge in [-0.1, -0.05) is 12.1 Å². The molecule has 1 fully saturated rings. The molecule has 1 saturated heterocycles. The molecular weight excluding hydrogens is 434 g/mol. The molecule has 1 amide bonds. The van der Waals surface area contributed by atoms with Crippen molar-refractivity contribution in [2.24, 2.45) is 5.14 Å². The summed E-state index contributed by atoms with van der Waals surface area (Å²) in [6, 6.07) is 14.1. The van der Waals surface area contributed by atoms with Crippen LogP contribution in [-0.4, -0.2) is 55.4 Å². The molecule has 1 aliphatic rings. The molecule has 31 heavy (non-hydrogen) atoms. The van der Waals surface area contributed by atoms with Gasteiger partial charge in [-0.05, 0) is 60.6 Å². The lowest BCUT2D eigenvalue weighted by Gasteiger charge is -2.25. The number of hydrogen-bond donors (Lipinski definition) is 3. The van der Waals surface area contributed by atoms with E-state index in [1.807, 2.05) is 24.3 Å². The highest BCUT2D eigenvalue weighted by molar-refractivity contribution is 7.89. The third-order valence-corrected chi connectivity index (χ3v) is 6.28. The van der Waals surface area contributed by atoms with E-state index in [9.17, 15) is 13.2 Å². The number of nitrogens with one attached hydrogen (secondary N) is 2. The van der Waals surface area contributed by atoms with Gasteiger partial charge in [0.1, 0.15) is 0 Å². The molecule has 0 aliphatic carbocycles. The largest absolute Gasteiger partial charge is 0.348 e. The minimum Gasteiger partial charge on any atom is -0.348 e. The summed E-state index contributed by atoms with van der Waals surface area (Å²) in [6.07, 6.45) is 0.982. The van der Waals surface area contributed by atoms with Crippen LogP contribution in [0.1, 0.15) is 18.9 Å². The van der Waals surface area contributed by atoms with Crippen LogP contribution in [0, 0.1) is 0 Å². The first kappa shape index (κ1) is 23.1. The Morgan fingerprint density at radius 1 is 0.968 bits per heavy atom. The Bertz CT molecular complexity index is 1020. The molecule has 4 N–H and O–H groups in total. The van der Waals surface area contributed by atoms with Gasteiger partial charge in [0.05, 0.1) is 4.90 Å². The van der Waals surface area contributed by atoms with Crippen LogP contribution in [-0.2, 0) is 21.4 Å². The number of hydrogen-bond acceptors (Lipinski definition) is 5. The van der Waals surface area contributed by atoms with Crippen LogP contribution in [0.4, 0.5) is 11.4 Å². The van der Waals surface area contributed by atoms with Crippen LogP contribution in [0.2, 0.25) is 0 Å². The number of carbonyl (C=O) groups is 1. The van der Waals surface area contributed by atoms with E-state index in [2.05, 4.69) is 20.4 Å². The maximum Gasteiger partial charge on any atom is 0.238 e. The molecule has 2 aromatic rings. The van der Waals surface area contributed by atoms with Crippen molar-refractivity contribution in [1.29, 1.82) is 0 Å². The average Bonchev–Trinajstić information content (AvgIpc) is 2.94. The summed E-state index contributed by atoms with van der Waals surface area (Å²) in [5.74, 6) is -0.0784. The fourth-order valence-corrected chi connectivity index (χ4v) is 4.23. The lowest BCUT2D eigenvalue weighted by Crippen LogP contribution is -2.37. The molecule has 1 heterocycles. The summed E-state index contributed by atoms with van der Waals surface area (Å²) in [6.45, 7) is 5.82. The van der Waals surface area contributed by atoms with E-state index in [0.717, 1.165) is 50.5 Å². The van der Waals surface area contributed by atoms with Crippen molar-refractivity contribution in [3.63, 3.8) is 0 Å². The number of anilines is 2. The number of carbonyl (C=O) groups excluding carboxylic acids is 1. The van der Waals surface area contributed by atoms with Gasteiger partial charge in [-0.25, -0.2) is 13.6 Å². The average molecular weight is 462 g/mol. The molecule has 0 spiro atoms. The number of nitrogens with two attached hydrogens (primary N) is 1. The Kier molecular flexibility index (Phi) is 7.60. The zero-order valence-electron chi connectivity index (χ0n) is 17.4. The number of thiocarbonyl (C=S) groups is 1. The standard InChI is InChI=1S/C21H27N5O3S2/c1-16(27)23-18-5-3-17(4-6-18)15-25-11-2-12-26(14-13-25)21(30)24-19-7-9-20(10-8-19)31(22,28)29/h3-10H,2,11-15H2,1H3,(H,23,27)(H,24,30)(H2,22,28,29). The summed E-state index contributed by atoms with van der Waals surface area (Å²) in [5, 5.41) is 11.7. The molecule has 10 heteroatoms. The molecule has 0 aromatic heterocycles. The van der Waals surface area contributed by atoms with Crippen LogP contribution in [0.25, 0.3) is 0 Å². The summed E-state index contributed by atoms with van der Waals surface area (Å²) in [7, 11) is -3.71. The predicted octanol–water partition coefficient (Wildman–Crippen LogP) is 2.20. The van der Waals surface area contributed by atoms with Crippen molar-refractivity contribution in [2.75, 3.05) is 36.8 Å². The maximum atomic E-state index is 11.4. The van der Waals surface area contributed by atoms with E-state index in [0.29, 0.717) is 5.11 Å². The molecule has 0 bridgehead atoms. The summed E-state index contributed by atoms with van der Waals surface area (Å²) >= 11 is 5.56. The van der Waals surface area contributed by atoms with Gasteiger partial charge in [-0.2, -0.15) is 0 Å². The maximum absolute atomic E-state index is 11.4. The second-order valence-electron chi connectivity index (χ2n) is 7.49. The summed E-state index contributed by atoms with van der Waals surface area (Å²) < 4.78 is 22.7. The van der Waals surface area contributed by atoms with Crippen LogP contribution in [0.3, 0.4) is 0 Å². The van der Waals surface area contributed by atoms with Gasteiger partial charge in [-0.3, -0.25) is 9.69 Å². The molecule has 0 radical (unpaired) electrons. The molecule has 0 atom stereocenters. The van der Waals surface area contributed by atoms with Crippen LogP contribution in [0.5, 0.6) is 0 Å². The highest BCUT2D eigenvalue weighted by atomic mass is 32.2. The Morgan fingerprint density at radius 2 is 1.58 bits per heavy atom. The van der Waals surface area contributed by atoms with Gasteiger partial charge in [0.25, 0.3) is 0 Å². The lowest BCUT2D eigenvalue weighted by atomic mass is 10.2. The van der Waals surface area contributed by atoms with E-state index >= 15 is 0 Å². The molecular formula is C21H27N5O3S2. The second kappa shape index (κ2) is 10.2. The molecule has 2 aromatic carbocycles. The molecule has 0 saturated carbocycles. The zero-order valence-corrected chi connectivity index (χ0v) is 19.0. The number of nitrogens with zero attached hydrogens (tertiary/aromatic N) is 2. The van der Waals surface area contributed by atoms with Gasteiger partial charge < -0.3 is 15.5 Å². The minimum atomic E-state index is -3.71. The highest BCUT2D eigenvalue weighted by Gasteiger charge is 2.17. The third-order valence-electron chi connectivity index (χ3n) is 4.99. The Labute approximate surface area is 188 Å². The van der Waals surface area contributed by atoms with Gasteiger partial charge in [0.15, 0.2) is 5.11 Å². The van der Waals surface area contributed by atoms with E-state index in [1.165, 1.54) is 24.6 Å². The number of amides is 1. The van der Waals surface area contributed by atoms with Crippen molar-refractivity contribution >= 4 is 44.6 Å². The normalized spacial score (nSPS) is 15.2. The SMILES string of the molecule is CC(=O)Nc1ccc(CN2CCCN(C(=S)Nc3ccc(S(N)(=O)=O)cc3)CC2)cc1. The van der Waals surface area contributed by atoms with Gasteiger partial charge in [-0.15, -0.1) is 0 Å². The molecule has 166 valence electrons. The van der Waals surface area contributed by atoms with Gasteiger partial charge >= 0.3 is 0 Å². The van der Waals surface area contributed by atoms with Crippen molar-refractivity contribution in [3.05, 3.63) is 54.1 Å². The fourth-order valence-electron chi connectivity index (χ4n) is 3.42. The highest BCUT2D eigenvalue weighted by Crippen LogP contribution is 2.16. The van der Waals surface area contributed by atoms with Gasteiger partial charge in [0, 0.05) is 51.0 Å². The van der Waals surface area contributed by atoms with E-state index < -0.39 is 10.0 Å². The van der Waals surface area contributed by atoms with Crippen molar-refractivity contribution in [1.82, 2.24) is 9.80 Å². The first-order valence-corrected chi connectivity index (χ1v) is 11.9. The van der Waals surface area contributed by atoms with Crippen molar-refractivity contribution in [3.8, 4) is 0 Å².